The van der Waals surface area contributed by atoms with Crippen LogP contribution in [0.3, 0.4) is 0 Å². The first kappa shape index (κ1) is 16.3. The van der Waals surface area contributed by atoms with Crippen molar-refractivity contribution >= 4 is 0 Å². The van der Waals surface area contributed by atoms with Crippen molar-refractivity contribution in [3.8, 4) is 0 Å². The van der Waals surface area contributed by atoms with Gasteiger partial charge in [-0.05, 0) is 43.6 Å². The minimum Gasteiger partial charge on any atom is -0.380 e. The predicted molar refractivity (Wildman–Crippen MR) is 85.1 cm³/mol. The molecule has 0 spiro atoms. The van der Waals surface area contributed by atoms with E-state index < -0.39 is 0 Å². The zero-order chi connectivity index (χ0) is 14.6. The molecule has 0 aromatic rings. The van der Waals surface area contributed by atoms with E-state index in [1.54, 1.807) is 0 Å². The van der Waals surface area contributed by atoms with E-state index in [0.29, 0.717) is 17.4 Å². The number of nitrogens with one attached hydrogen (secondary N) is 1. The molecule has 1 heterocycles. The lowest BCUT2D eigenvalue weighted by molar-refractivity contribution is -0.0173. The largest absolute Gasteiger partial charge is 0.380 e. The highest BCUT2D eigenvalue weighted by Crippen LogP contribution is 2.29. The summed E-state index contributed by atoms with van der Waals surface area (Å²) in [6.07, 6.45) is 7.06. The van der Waals surface area contributed by atoms with E-state index in [2.05, 4.69) is 31.0 Å². The van der Waals surface area contributed by atoms with E-state index in [-0.39, 0.29) is 0 Å². The van der Waals surface area contributed by atoms with Gasteiger partial charge in [0.1, 0.15) is 0 Å². The quantitative estimate of drug-likeness (QED) is 0.741. The van der Waals surface area contributed by atoms with Crippen LogP contribution < -0.4 is 5.32 Å². The van der Waals surface area contributed by atoms with E-state index in [1.807, 2.05) is 7.11 Å². The van der Waals surface area contributed by atoms with Gasteiger partial charge in [-0.3, -0.25) is 0 Å². The Morgan fingerprint density at radius 2 is 2.05 bits per heavy atom. The Hall–Kier alpha value is -0.120. The maximum atomic E-state index is 5.66. The number of hydrogen-bond acceptors (Lipinski definition) is 3. The molecule has 0 amide bonds. The van der Waals surface area contributed by atoms with E-state index in [1.165, 1.54) is 51.7 Å². The first-order valence-electron chi connectivity index (χ1n) is 8.55. The third-order valence-corrected chi connectivity index (χ3v) is 5.13. The maximum Gasteiger partial charge on any atom is 0.0724 e. The summed E-state index contributed by atoms with van der Waals surface area (Å²) in [5.41, 5.74) is 0.413. The van der Waals surface area contributed by atoms with E-state index in [0.717, 1.165) is 12.6 Å². The minimum absolute atomic E-state index is 0.413. The summed E-state index contributed by atoms with van der Waals surface area (Å²) in [6.45, 7) is 11.8. The number of hydrogen-bond donors (Lipinski definition) is 1. The van der Waals surface area contributed by atoms with Gasteiger partial charge in [0.05, 0.1) is 6.10 Å². The summed E-state index contributed by atoms with van der Waals surface area (Å²) in [4.78, 5) is 2.64. The van der Waals surface area contributed by atoms with Crippen molar-refractivity contribution in [2.24, 2.45) is 11.3 Å². The molecular formula is C17H34N2O. The number of likely N-dealkylation sites (tertiary alicyclic amines) is 1. The molecule has 3 unspecified atom stereocenters. The fourth-order valence-corrected chi connectivity index (χ4v) is 3.59. The molecule has 1 aliphatic heterocycles. The van der Waals surface area contributed by atoms with Crippen LogP contribution in [-0.2, 0) is 4.74 Å². The van der Waals surface area contributed by atoms with Crippen molar-refractivity contribution < 1.29 is 4.74 Å². The van der Waals surface area contributed by atoms with E-state index >= 15 is 0 Å². The van der Waals surface area contributed by atoms with Crippen LogP contribution in [0.5, 0.6) is 0 Å². The van der Waals surface area contributed by atoms with Crippen molar-refractivity contribution in [2.75, 3.05) is 33.3 Å². The smallest absolute Gasteiger partial charge is 0.0724 e. The fourth-order valence-electron chi connectivity index (χ4n) is 3.59. The van der Waals surface area contributed by atoms with Gasteiger partial charge in [-0.1, -0.05) is 27.2 Å². The summed E-state index contributed by atoms with van der Waals surface area (Å²) >= 11 is 0. The summed E-state index contributed by atoms with van der Waals surface area (Å²) in [5, 5.41) is 3.75. The molecule has 1 saturated heterocycles. The second-order valence-corrected chi connectivity index (χ2v) is 7.49. The van der Waals surface area contributed by atoms with Crippen LogP contribution in [0, 0.1) is 11.3 Å². The van der Waals surface area contributed by atoms with Gasteiger partial charge in [-0.15, -0.1) is 0 Å². The highest BCUT2D eigenvalue weighted by atomic mass is 16.5. The van der Waals surface area contributed by atoms with Crippen LogP contribution >= 0.6 is 0 Å². The first-order chi connectivity index (χ1) is 9.56. The summed E-state index contributed by atoms with van der Waals surface area (Å²) in [5.74, 6) is 0.707. The molecule has 0 aromatic carbocycles. The molecule has 3 nitrogen and oxygen atoms in total. The van der Waals surface area contributed by atoms with Crippen LogP contribution in [0.1, 0.15) is 52.9 Å². The Morgan fingerprint density at radius 3 is 2.65 bits per heavy atom. The van der Waals surface area contributed by atoms with Gasteiger partial charge in [0.2, 0.25) is 0 Å². The molecule has 20 heavy (non-hydrogen) atoms. The lowest BCUT2D eigenvalue weighted by Crippen LogP contribution is -2.49. The zero-order valence-electron chi connectivity index (χ0n) is 14.0. The zero-order valence-corrected chi connectivity index (χ0v) is 14.0. The Balaban J connectivity index is 1.85. The highest BCUT2D eigenvalue weighted by Gasteiger charge is 2.33. The Kier molecular flexibility index (Phi) is 5.88. The molecule has 2 fully saturated rings. The number of rotatable bonds is 8. The Morgan fingerprint density at radius 1 is 1.30 bits per heavy atom. The second kappa shape index (κ2) is 7.24. The maximum absolute atomic E-state index is 5.66. The van der Waals surface area contributed by atoms with Gasteiger partial charge in [-0.2, -0.15) is 0 Å². The molecule has 3 heteroatoms. The Labute approximate surface area is 125 Å². The normalized spacial score (nSPS) is 31.2. The van der Waals surface area contributed by atoms with Crippen LogP contribution in [0.2, 0.25) is 0 Å². The number of methoxy groups -OCH3 is 1. The van der Waals surface area contributed by atoms with Gasteiger partial charge in [0.25, 0.3) is 0 Å². The third-order valence-electron chi connectivity index (χ3n) is 5.13. The molecule has 1 saturated carbocycles. The molecule has 1 aliphatic carbocycles. The molecule has 0 bridgehead atoms. The molecule has 1 N–H and O–H groups in total. The lowest BCUT2D eigenvalue weighted by atomic mass is 9.83. The average Bonchev–Trinajstić information content (AvgIpc) is 3.23. The second-order valence-electron chi connectivity index (χ2n) is 7.49. The molecule has 0 aromatic heterocycles. The fraction of sp³-hybridized carbons (Fsp3) is 1.00. The lowest BCUT2D eigenvalue weighted by Gasteiger charge is -2.41. The van der Waals surface area contributed by atoms with Gasteiger partial charge < -0.3 is 15.0 Å². The van der Waals surface area contributed by atoms with Crippen LogP contribution in [0.25, 0.3) is 0 Å². The third kappa shape index (κ3) is 4.71. The monoisotopic (exact) mass is 282 g/mol. The minimum atomic E-state index is 0.413. The topological polar surface area (TPSA) is 24.5 Å². The van der Waals surface area contributed by atoms with E-state index in [9.17, 15) is 0 Å². The van der Waals surface area contributed by atoms with Gasteiger partial charge in [0, 0.05) is 32.8 Å². The molecule has 0 radical (unpaired) electrons. The van der Waals surface area contributed by atoms with Gasteiger partial charge >= 0.3 is 0 Å². The summed E-state index contributed by atoms with van der Waals surface area (Å²) in [7, 11) is 1.87. The van der Waals surface area contributed by atoms with Crippen molar-refractivity contribution in [1.82, 2.24) is 10.2 Å². The SMILES string of the molecule is CCCC(C)(CNC1CC1)CN1CCC(C)C(OC)C1. The van der Waals surface area contributed by atoms with Crippen LogP contribution in [-0.4, -0.2) is 50.3 Å². The summed E-state index contributed by atoms with van der Waals surface area (Å²) < 4.78 is 5.66. The molecule has 3 atom stereocenters. The highest BCUT2D eigenvalue weighted by molar-refractivity contribution is 4.89. The van der Waals surface area contributed by atoms with Gasteiger partial charge in [-0.25, -0.2) is 0 Å². The molecule has 2 aliphatic rings. The number of ether oxygens (including phenoxy) is 1. The number of nitrogens with zero attached hydrogens (tertiary/aromatic N) is 1. The summed E-state index contributed by atoms with van der Waals surface area (Å²) in [6, 6.07) is 0.819. The average molecular weight is 282 g/mol. The first-order valence-corrected chi connectivity index (χ1v) is 8.55. The van der Waals surface area contributed by atoms with Crippen molar-refractivity contribution in [2.45, 2.75) is 65.0 Å². The van der Waals surface area contributed by atoms with Crippen molar-refractivity contribution in [3.05, 3.63) is 0 Å². The van der Waals surface area contributed by atoms with Crippen LogP contribution in [0.15, 0.2) is 0 Å². The van der Waals surface area contributed by atoms with Gasteiger partial charge in [0.15, 0.2) is 0 Å². The molecule has 118 valence electrons. The van der Waals surface area contributed by atoms with Crippen LogP contribution in [0.4, 0.5) is 0 Å². The molecule has 2 rings (SSSR count). The number of piperidine rings is 1. The van der Waals surface area contributed by atoms with Crippen molar-refractivity contribution in [3.63, 3.8) is 0 Å². The Bertz CT molecular complexity index is 293. The van der Waals surface area contributed by atoms with E-state index in [4.69, 9.17) is 4.74 Å². The predicted octanol–water partition coefficient (Wildman–Crippen LogP) is 2.90. The van der Waals surface area contributed by atoms with Crippen molar-refractivity contribution in [1.29, 1.82) is 0 Å². The standard InChI is InChI=1S/C17H34N2O/c1-5-9-17(3,12-18-15-6-7-15)13-19-10-8-14(2)16(11-19)20-4/h14-16,18H,5-13H2,1-4H3. The molecular weight excluding hydrogens is 248 g/mol.